The summed E-state index contributed by atoms with van der Waals surface area (Å²) in [7, 11) is 0. The van der Waals surface area contributed by atoms with E-state index < -0.39 is 0 Å². The third-order valence-corrected chi connectivity index (χ3v) is 3.62. The summed E-state index contributed by atoms with van der Waals surface area (Å²) in [5.74, 6) is -0.188. The number of nitrogens with zero attached hydrogens (tertiary/aromatic N) is 1. The van der Waals surface area contributed by atoms with Crippen molar-refractivity contribution in [1.29, 1.82) is 0 Å². The van der Waals surface area contributed by atoms with Crippen LogP contribution in [0.15, 0.2) is 42.5 Å². The Morgan fingerprint density at radius 2 is 1.81 bits per heavy atom. The number of para-hydroxylation sites is 1. The number of anilines is 2. The minimum Gasteiger partial charge on any atom is -0.341 e. The number of benzene rings is 2. The quantitative estimate of drug-likeness (QED) is 0.846. The normalized spacial score (nSPS) is 10.7. The van der Waals surface area contributed by atoms with Crippen LogP contribution in [-0.4, -0.2) is 13.1 Å². The van der Waals surface area contributed by atoms with E-state index in [-0.39, 0.29) is 5.82 Å². The van der Waals surface area contributed by atoms with Gasteiger partial charge >= 0.3 is 0 Å². The Kier molecular flexibility index (Phi) is 5.34. The van der Waals surface area contributed by atoms with Gasteiger partial charge in [-0.2, -0.15) is 0 Å². The smallest absolute Gasteiger partial charge is 0.123 e. The van der Waals surface area contributed by atoms with Crippen LogP contribution >= 0.6 is 0 Å². The van der Waals surface area contributed by atoms with E-state index >= 15 is 0 Å². The summed E-state index contributed by atoms with van der Waals surface area (Å²) in [5, 5.41) is 3.28. The minimum absolute atomic E-state index is 0.188. The van der Waals surface area contributed by atoms with Crippen LogP contribution in [0.1, 0.15) is 25.0 Å². The first kappa shape index (κ1) is 15.5. The fourth-order valence-electron chi connectivity index (χ4n) is 2.56. The van der Waals surface area contributed by atoms with E-state index in [9.17, 15) is 4.39 Å². The molecule has 0 bridgehead atoms. The Balaban J connectivity index is 2.44. The monoisotopic (exact) mass is 286 g/mol. The summed E-state index contributed by atoms with van der Waals surface area (Å²) in [6, 6.07) is 13.3. The van der Waals surface area contributed by atoms with Gasteiger partial charge in [0.25, 0.3) is 0 Å². The van der Waals surface area contributed by atoms with Crippen LogP contribution < -0.4 is 10.2 Å². The van der Waals surface area contributed by atoms with Crippen molar-refractivity contribution < 1.29 is 4.39 Å². The van der Waals surface area contributed by atoms with Gasteiger partial charge in [-0.25, -0.2) is 4.39 Å². The molecule has 0 unspecified atom stereocenters. The summed E-state index contributed by atoms with van der Waals surface area (Å²) in [4.78, 5) is 2.24. The van der Waals surface area contributed by atoms with Crippen LogP contribution in [0.3, 0.4) is 0 Å². The van der Waals surface area contributed by atoms with Gasteiger partial charge in [0.05, 0.1) is 0 Å². The Bertz CT molecular complexity index is 596. The van der Waals surface area contributed by atoms with Gasteiger partial charge in [0.2, 0.25) is 0 Å². The zero-order valence-corrected chi connectivity index (χ0v) is 13.0. The van der Waals surface area contributed by atoms with Gasteiger partial charge in [0.1, 0.15) is 5.82 Å². The standard InChI is InChI=1S/C18H23FN2/c1-4-20-13-15-12-16(19)10-11-18(15)21(5-2)17-9-7-6-8-14(17)3/h6-12,20H,4-5,13H2,1-3H3. The van der Waals surface area contributed by atoms with Gasteiger partial charge in [-0.3, -0.25) is 0 Å². The van der Waals surface area contributed by atoms with Crippen LogP contribution in [-0.2, 0) is 6.54 Å². The molecule has 0 saturated heterocycles. The SMILES string of the molecule is CCNCc1cc(F)ccc1N(CC)c1ccccc1C. The van der Waals surface area contributed by atoms with Gasteiger partial charge < -0.3 is 10.2 Å². The Labute approximate surface area is 126 Å². The second-order valence-corrected chi connectivity index (χ2v) is 5.08. The molecule has 112 valence electrons. The van der Waals surface area contributed by atoms with E-state index in [1.807, 2.05) is 18.2 Å². The van der Waals surface area contributed by atoms with Gasteiger partial charge in [0.15, 0.2) is 0 Å². The molecule has 0 fully saturated rings. The molecule has 0 aliphatic carbocycles. The molecule has 0 spiro atoms. The Morgan fingerprint density at radius 3 is 2.48 bits per heavy atom. The molecule has 0 aromatic heterocycles. The largest absolute Gasteiger partial charge is 0.341 e. The molecule has 0 heterocycles. The zero-order valence-electron chi connectivity index (χ0n) is 13.0. The molecule has 2 nitrogen and oxygen atoms in total. The number of hydrogen-bond donors (Lipinski definition) is 1. The molecular formula is C18H23FN2. The van der Waals surface area contributed by atoms with Gasteiger partial charge in [-0.15, -0.1) is 0 Å². The fourth-order valence-corrected chi connectivity index (χ4v) is 2.56. The van der Waals surface area contributed by atoms with Crippen molar-refractivity contribution in [2.45, 2.75) is 27.3 Å². The van der Waals surface area contributed by atoms with Gasteiger partial charge in [-0.05, 0) is 55.8 Å². The molecule has 1 N–H and O–H groups in total. The van der Waals surface area contributed by atoms with Crippen LogP contribution in [0, 0.1) is 12.7 Å². The molecule has 0 atom stereocenters. The highest BCUT2D eigenvalue weighted by Crippen LogP contribution is 2.31. The second-order valence-electron chi connectivity index (χ2n) is 5.08. The third-order valence-electron chi connectivity index (χ3n) is 3.62. The summed E-state index contributed by atoms with van der Waals surface area (Å²) in [5.41, 5.74) is 4.44. The number of nitrogens with one attached hydrogen (secondary N) is 1. The van der Waals surface area contributed by atoms with Crippen molar-refractivity contribution in [3.8, 4) is 0 Å². The molecule has 21 heavy (non-hydrogen) atoms. The maximum absolute atomic E-state index is 13.6. The lowest BCUT2D eigenvalue weighted by atomic mass is 10.1. The van der Waals surface area contributed by atoms with Crippen LogP contribution in [0.25, 0.3) is 0 Å². The minimum atomic E-state index is -0.188. The maximum Gasteiger partial charge on any atom is 0.123 e. The maximum atomic E-state index is 13.6. The molecule has 0 aliphatic rings. The van der Waals surface area contributed by atoms with Crippen molar-refractivity contribution in [3.63, 3.8) is 0 Å². The lowest BCUT2D eigenvalue weighted by Gasteiger charge is -2.27. The Hall–Kier alpha value is -1.87. The number of halogens is 1. The lowest BCUT2D eigenvalue weighted by molar-refractivity contribution is 0.621. The summed E-state index contributed by atoms with van der Waals surface area (Å²) in [6.45, 7) is 8.66. The highest BCUT2D eigenvalue weighted by atomic mass is 19.1. The molecular weight excluding hydrogens is 263 g/mol. The third kappa shape index (κ3) is 3.61. The van der Waals surface area contributed by atoms with Crippen LogP contribution in [0.2, 0.25) is 0 Å². The number of hydrogen-bond acceptors (Lipinski definition) is 2. The number of rotatable bonds is 6. The fraction of sp³-hybridized carbons (Fsp3) is 0.333. The average Bonchev–Trinajstić information content (AvgIpc) is 2.49. The number of aryl methyl sites for hydroxylation is 1. The van der Waals surface area contributed by atoms with E-state index in [0.29, 0.717) is 6.54 Å². The highest BCUT2D eigenvalue weighted by Gasteiger charge is 2.14. The molecule has 0 saturated carbocycles. The van der Waals surface area contributed by atoms with Crippen molar-refractivity contribution >= 4 is 11.4 Å². The molecule has 2 rings (SSSR count). The van der Waals surface area contributed by atoms with Gasteiger partial charge in [-0.1, -0.05) is 25.1 Å². The van der Waals surface area contributed by atoms with Crippen LogP contribution in [0.5, 0.6) is 0 Å². The van der Waals surface area contributed by atoms with Crippen molar-refractivity contribution in [1.82, 2.24) is 5.32 Å². The highest BCUT2D eigenvalue weighted by molar-refractivity contribution is 5.69. The van der Waals surface area contributed by atoms with E-state index in [2.05, 4.69) is 43.1 Å². The predicted octanol–water partition coefficient (Wildman–Crippen LogP) is 4.40. The van der Waals surface area contributed by atoms with Crippen molar-refractivity contribution in [2.75, 3.05) is 18.0 Å². The van der Waals surface area contributed by atoms with Gasteiger partial charge in [0, 0.05) is 24.5 Å². The zero-order chi connectivity index (χ0) is 15.2. The Morgan fingerprint density at radius 1 is 1.05 bits per heavy atom. The van der Waals surface area contributed by atoms with Crippen LogP contribution in [0.4, 0.5) is 15.8 Å². The molecule has 2 aromatic rings. The molecule has 3 heteroatoms. The topological polar surface area (TPSA) is 15.3 Å². The van der Waals surface area contributed by atoms with E-state index in [0.717, 1.165) is 24.3 Å². The lowest BCUT2D eigenvalue weighted by Crippen LogP contribution is -2.21. The van der Waals surface area contributed by atoms with Crippen molar-refractivity contribution in [2.24, 2.45) is 0 Å². The average molecular weight is 286 g/mol. The first-order valence-corrected chi connectivity index (χ1v) is 7.49. The second kappa shape index (κ2) is 7.23. The summed E-state index contributed by atoms with van der Waals surface area (Å²) in [6.07, 6.45) is 0. The predicted molar refractivity (Wildman–Crippen MR) is 87.6 cm³/mol. The summed E-state index contributed by atoms with van der Waals surface area (Å²) >= 11 is 0. The van der Waals surface area contributed by atoms with E-state index in [1.54, 1.807) is 6.07 Å². The molecule has 0 amide bonds. The molecule has 2 aromatic carbocycles. The molecule has 0 aliphatic heterocycles. The first-order valence-electron chi connectivity index (χ1n) is 7.49. The summed E-state index contributed by atoms with van der Waals surface area (Å²) < 4.78 is 13.6. The first-order chi connectivity index (χ1) is 10.2. The van der Waals surface area contributed by atoms with E-state index in [1.165, 1.54) is 17.3 Å². The molecule has 0 radical (unpaired) electrons. The van der Waals surface area contributed by atoms with Crippen molar-refractivity contribution in [3.05, 3.63) is 59.4 Å². The van der Waals surface area contributed by atoms with E-state index in [4.69, 9.17) is 0 Å².